The largest absolute Gasteiger partial charge is 0.353 e. The van der Waals surface area contributed by atoms with Crippen molar-refractivity contribution in [1.82, 2.24) is 14.5 Å². The monoisotopic (exact) mass is 421 g/mol. The molecule has 1 aromatic carbocycles. The van der Waals surface area contributed by atoms with E-state index in [2.05, 4.69) is 12.2 Å². The van der Waals surface area contributed by atoms with Crippen LogP contribution >= 0.6 is 23.2 Å². The normalized spacial score (nSPS) is 17.8. The molecule has 2 rings (SSSR count). The van der Waals surface area contributed by atoms with Crippen molar-refractivity contribution in [2.24, 2.45) is 0 Å². The first-order chi connectivity index (χ1) is 12.3. The molecule has 26 heavy (non-hydrogen) atoms. The molecule has 0 spiro atoms. The van der Waals surface area contributed by atoms with Gasteiger partial charge in [-0.25, -0.2) is 8.42 Å². The molecule has 6 nitrogen and oxygen atoms in total. The quantitative estimate of drug-likeness (QED) is 0.734. The molecule has 0 saturated carbocycles. The molecule has 1 aliphatic rings. The highest BCUT2D eigenvalue weighted by Crippen LogP contribution is 2.31. The lowest BCUT2D eigenvalue weighted by Gasteiger charge is -2.33. The first kappa shape index (κ1) is 21.4. The van der Waals surface area contributed by atoms with Crippen LogP contribution in [0, 0.1) is 0 Å². The maximum atomic E-state index is 12.8. The van der Waals surface area contributed by atoms with Crippen molar-refractivity contribution in [1.29, 1.82) is 0 Å². The number of carbonyl (C=O) groups excluding carboxylic acids is 1. The molecule has 146 valence electrons. The zero-order valence-corrected chi connectivity index (χ0v) is 17.4. The van der Waals surface area contributed by atoms with Gasteiger partial charge in [-0.1, -0.05) is 42.6 Å². The molecule has 1 amide bonds. The highest BCUT2D eigenvalue weighted by Gasteiger charge is 2.31. The molecule has 1 N–H and O–H groups in total. The molecule has 1 heterocycles. The maximum absolute atomic E-state index is 12.8. The van der Waals surface area contributed by atoms with Crippen molar-refractivity contribution >= 4 is 39.1 Å². The molecule has 1 fully saturated rings. The van der Waals surface area contributed by atoms with E-state index in [0.29, 0.717) is 26.2 Å². The lowest BCUT2D eigenvalue weighted by molar-refractivity contribution is -0.123. The van der Waals surface area contributed by atoms with Crippen LogP contribution in [0.25, 0.3) is 0 Å². The second kappa shape index (κ2) is 9.37. The number of amides is 1. The number of carbonyl (C=O) groups is 1. The molecular formula is C17H25Cl2N3O3S. The smallest absolute Gasteiger partial charge is 0.244 e. The zero-order valence-electron chi connectivity index (χ0n) is 15.0. The molecule has 0 unspecified atom stereocenters. The van der Waals surface area contributed by atoms with Gasteiger partial charge in [0.1, 0.15) is 4.90 Å². The zero-order chi connectivity index (χ0) is 19.3. The Morgan fingerprint density at radius 3 is 2.50 bits per heavy atom. The van der Waals surface area contributed by atoms with E-state index in [1.54, 1.807) is 12.1 Å². The number of sulfonamides is 1. The van der Waals surface area contributed by atoms with Crippen molar-refractivity contribution in [3.63, 3.8) is 0 Å². The van der Waals surface area contributed by atoms with Crippen LogP contribution in [0.1, 0.15) is 26.7 Å². The van der Waals surface area contributed by atoms with Crippen molar-refractivity contribution in [3.8, 4) is 0 Å². The summed E-state index contributed by atoms with van der Waals surface area (Å²) in [5.41, 5.74) is 0. The van der Waals surface area contributed by atoms with Crippen molar-refractivity contribution in [3.05, 3.63) is 28.2 Å². The molecule has 1 aliphatic heterocycles. The minimum Gasteiger partial charge on any atom is -0.353 e. The van der Waals surface area contributed by atoms with Crippen LogP contribution in [0.15, 0.2) is 23.1 Å². The van der Waals surface area contributed by atoms with Crippen molar-refractivity contribution < 1.29 is 13.2 Å². The maximum Gasteiger partial charge on any atom is 0.244 e. The standard InChI is InChI=1S/C17H25Cl2N3O3S/c1-3-5-13(2)20-16(23)12-21-8-10-22(11-9-21)26(24,25)15-7-4-6-14(18)17(15)19/h4,6-7,13H,3,5,8-12H2,1-2H3,(H,20,23)/t13-/m0/s1. The molecule has 0 aliphatic carbocycles. The van der Waals surface area contributed by atoms with Gasteiger partial charge in [0, 0.05) is 32.2 Å². The molecule has 1 aromatic rings. The van der Waals surface area contributed by atoms with Crippen LogP contribution in [0.3, 0.4) is 0 Å². The van der Waals surface area contributed by atoms with E-state index in [9.17, 15) is 13.2 Å². The fraction of sp³-hybridized carbons (Fsp3) is 0.588. The summed E-state index contributed by atoms with van der Waals surface area (Å²) < 4.78 is 27.0. The fourth-order valence-electron chi connectivity index (χ4n) is 2.98. The highest BCUT2D eigenvalue weighted by molar-refractivity contribution is 7.89. The van der Waals surface area contributed by atoms with Gasteiger partial charge in [0.05, 0.1) is 16.6 Å². The van der Waals surface area contributed by atoms with E-state index >= 15 is 0 Å². The van der Waals surface area contributed by atoms with E-state index < -0.39 is 10.0 Å². The van der Waals surface area contributed by atoms with Gasteiger partial charge in [-0.05, 0) is 25.5 Å². The molecule has 1 atom stereocenters. The Kier molecular flexibility index (Phi) is 7.73. The van der Waals surface area contributed by atoms with Gasteiger partial charge in [0.15, 0.2) is 0 Å². The minimum atomic E-state index is -3.70. The lowest BCUT2D eigenvalue weighted by atomic mass is 10.2. The summed E-state index contributed by atoms with van der Waals surface area (Å²) >= 11 is 12.0. The van der Waals surface area contributed by atoms with Crippen molar-refractivity contribution in [2.45, 2.75) is 37.6 Å². The topological polar surface area (TPSA) is 69.7 Å². The highest BCUT2D eigenvalue weighted by atomic mass is 35.5. The molecular weight excluding hydrogens is 397 g/mol. The third kappa shape index (κ3) is 5.33. The Bertz CT molecular complexity index is 735. The van der Waals surface area contributed by atoms with E-state index in [1.807, 2.05) is 11.8 Å². The Balaban J connectivity index is 1.93. The lowest BCUT2D eigenvalue weighted by Crippen LogP contribution is -2.51. The summed E-state index contributed by atoms with van der Waals surface area (Å²) in [6.07, 6.45) is 1.96. The fourth-order valence-corrected chi connectivity index (χ4v) is 5.14. The Hall–Kier alpha value is -0.860. The first-order valence-corrected chi connectivity index (χ1v) is 10.9. The summed E-state index contributed by atoms with van der Waals surface area (Å²) in [4.78, 5) is 14.0. The predicted octanol–water partition coefficient (Wildman–Crippen LogP) is 2.60. The molecule has 0 bridgehead atoms. The molecule has 0 radical (unpaired) electrons. The predicted molar refractivity (Wildman–Crippen MR) is 104 cm³/mol. The number of rotatable bonds is 7. The number of hydrogen-bond acceptors (Lipinski definition) is 4. The van der Waals surface area contributed by atoms with Crippen LogP contribution in [-0.2, 0) is 14.8 Å². The van der Waals surface area contributed by atoms with E-state index in [4.69, 9.17) is 23.2 Å². The number of nitrogens with zero attached hydrogens (tertiary/aromatic N) is 2. The van der Waals surface area contributed by atoms with Gasteiger partial charge in [-0.2, -0.15) is 4.31 Å². The number of benzene rings is 1. The average molecular weight is 422 g/mol. The van der Waals surface area contributed by atoms with E-state index in [1.165, 1.54) is 10.4 Å². The minimum absolute atomic E-state index is 0.0197. The summed E-state index contributed by atoms with van der Waals surface area (Å²) in [5, 5.41) is 3.22. The third-order valence-electron chi connectivity index (χ3n) is 4.36. The van der Waals surface area contributed by atoms with Crippen molar-refractivity contribution in [2.75, 3.05) is 32.7 Å². The molecule has 9 heteroatoms. The van der Waals surface area contributed by atoms with Crippen LogP contribution in [0.4, 0.5) is 0 Å². The van der Waals surface area contributed by atoms with Crippen LogP contribution in [-0.4, -0.2) is 62.3 Å². The van der Waals surface area contributed by atoms with Gasteiger partial charge in [0.2, 0.25) is 15.9 Å². The molecule has 0 aromatic heterocycles. The SMILES string of the molecule is CCC[C@H](C)NC(=O)CN1CCN(S(=O)(=O)c2cccc(Cl)c2Cl)CC1. The average Bonchev–Trinajstić information content (AvgIpc) is 2.57. The Labute approximate surface area is 165 Å². The second-order valence-corrected chi connectivity index (χ2v) is 9.18. The van der Waals surface area contributed by atoms with Gasteiger partial charge >= 0.3 is 0 Å². The third-order valence-corrected chi connectivity index (χ3v) is 7.23. The van der Waals surface area contributed by atoms with Gasteiger partial charge in [-0.15, -0.1) is 0 Å². The van der Waals surface area contributed by atoms with Crippen LogP contribution in [0.2, 0.25) is 10.0 Å². The second-order valence-electron chi connectivity index (χ2n) is 6.49. The summed E-state index contributed by atoms with van der Waals surface area (Å²) in [7, 11) is -3.70. The number of nitrogens with one attached hydrogen (secondary N) is 1. The molecule has 1 saturated heterocycles. The summed E-state index contributed by atoms with van der Waals surface area (Å²) in [6.45, 7) is 5.95. The summed E-state index contributed by atoms with van der Waals surface area (Å²) in [5.74, 6) is -0.0276. The Morgan fingerprint density at radius 1 is 1.23 bits per heavy atom. The van der Waals surface area contributed by atoms with Gasteiger partial charge in [0.25, 0.3) is 0 Å². The van der Waals surface area contributed by atoms with Crippen LogP contribution in [0.5, 0.6) is 0 Å². The first-order valence-electron chi connectivity index (χ1n) is 8.71. The van der Waals surface area contributed by atoms with E-state index in [-0.39, 0.29) is 33.4 Å². The summed E-state index contributed by atoms with van der Waals surface area (Å²) in [6, 6.07) is 4.73. The number of hydrogen-bond donors (Lipinski definition) is 1. The number of piperazine rings is 1. The van der Waals surface area contributed by atoms with Gasteiger partial charge < -0.3 is 5.32 Å². The number of halogens is 2. The van der Waals surface area contributed by atoms with E-state index in [0.717, 1.165) is 12.8 Å². The Morgan fingerprint density at radius 2 is 1.88 bits per heavy atom. The van der Waals surface area contributed by atoms with Crippen LogP contribution < -0.4 is 5.32 Å². The van der Waals surface area contributed by atoms with Gasteiger partial charge in [-0.3, -0.25) is 9.69 Å².